The number of halogens is 3. The monoisotopic (exact) mass is 440 g/mol. The predicted octanol–water partition coefficient (Wildman–Crippen LogP) is 3.21. The summed E-state index contributed by atoms with van der Waals surface area (Å²) in [5.74, 6) is -0.403. The fourth-order valence-electron chi connectivity index (χ4n) is 3.13. The van der Waals surface area contributed by atoms with Crippen molar-refractivity contribution in [2.75, 3.05) is 0 Å². The largest absolute Gasteiger partial charge is 0.416 e. The van der Waals surface area contributed by atoms with Crippen LogP contribution in [0, 0.1) is 0 Å². The number of carbonyl (C=O) groups is 1. The number of hydrogen-bond donors (Lipinski definition) is 2. The Bertz CT molecular complexity index is 1200. The van der Waals surface area contributed by atoms with E-state index in [9.17, 15) is 26.4 Å². The SMILES string of the molecule is CCn1c(C(C)NS(=O)(=O)c2ccc(C(N)=O)cc2)nc2ccc(C(F)(F)F)cc21. The number of carbonyl (C=O) groups excluding carboxylic acids is 1. The molecule has 3 N–H and O–H groups in total. The highest BCUT2D eigenvalue weighted by molar-refractivity contribution is 7.89. The summed E-state index contributed by atoms with van der Waals surface area (Å²) >= 11 is 0. The molecule has 0 spiro atoms. The molecule has 0 saturated carbocycles. The quantitative estimate of drug-likeness (QED) is 0.614. The molecule has 11 heteroatoms. The maximum Gasteiger partial charge on any atom is 0.416 e. The van der Waals surface area contributed by atoms with Gasteiger partial charge in [0.05, 0.1) is 27.5 Å². The lowest BCUT2D eigenvalue weighted by Crippen LogP contribution is -2.29. The minimum Gasteiger partial charge on any atom is -0.366 e. The molecule has 1 heterocycles. The maximum atomic E-state index is 13.1. The van der Waals surface area contributed by atoms with E-state index in [1.807, 2.05) is 0 Å². The van der Waals surface area contributed by atoms with Crippen molar-refractivity contribution in [3.8, 4) is 0 Å². The lowest BCUT2D eigenvalue weighted by atomic mass is 10.2. The van der Waals surface area contributed by atoms with E-state index in [0.29, 0.717) is 12.1 Å². The number of imidazole rings is 1. The zero-order valence-corrected chi connectivity index (χ0v) is 16.9. The van der Waals surface area contributed by atoms with Gasteiger partial charge in [-0.1, -0.05) is 0 Å². The smallest absolute Gasteiger partial charge is 0.366 e. The van der Waals surface area contributed by atoms with Gasteiger partial charge in [0.2, 0.25) is 15.9 Å². The van der Waals surface area contributed by atoms with Gasteiger partial charge in [-0.15, -0.1) is 0 Å². The first-order valence-electron chi connectivity index (χ1n) is 8.93. The molecule has 1 aromatic heterocycles. The van der Waals surface area contributed by atoms with Crippen LogP contribution in [-0.4, -0.2) is 23.9 Å². The van der Waals surface area contributed by atoms with Gasteiger partial charge >= 0.3 is 6.18 Å². The molecule has 1 atom stereocenters. The molecule has 2 aromatic carbocycles. The zero-order valence-electron chi connectivity index (χ0n) is 16.1. The van der Waals surface area contributed by atoms with Gasteiger partial charge in [0.15, 0.2) is 0 Å². The van der Waals surface area contributed by atoms with Gasteiger partial charge in [0.25, 0.3) is 0 Å². The number of primary amides is 1. The Kier molecular flexibility index (Phi) is 5.61. The number of sulfonamides is 1. The second-order valence-corrected chi connectivity index (χ2v) is 8.36. The number of hydrogen-bond acceptors (Lipinski definition) is 4. The van der Waals surface area contributed by atoms with Gasteiger partial charge in [0.1, 0.15) is 5.82 Å². The number of alkyl halides is 3. The number of benzene rings is 2. The van der Waals surface area contributed by atoms with Crippen molar-refractivity contribution >= 4 is 27.0 Å². The van der Waals surface area contributed by atoms with Gasteiger partial charge in [-0.25, -0.2) is 18.1 Å². The normalized spacial score (nSPS) is 13.5. The molecule has 0 saturated heterocycles. The van der Waals surface area contributed by atoms with E-state index in [4.69, 9.17) is 5.73 Å². The van der Waals surface area contributed by atoms with Crippen LogP contribution in [-0.2, 0) is 22.7 Å². The predicted molar refractivity (Wildman–Crippen MR) is 104 cm³/mol. The molecule has 0 radical (unpaired) electrons. The Morgan fingerprint density at radius 1 is 1.20 bits per heavy atom. The number of rotatable bonds is 6. The van der Waals surface area contributed by atoms with Crippen LogP contribution in [0.25, 0.3) is 11.0 Å². The first-order valence-corrected chi connectivity index (χ1v) is 10.4. The minimum absolute atomic E-state index is 0.0853. The summed E-state index contributed by atoms with van der Waals surface area (Å²) in [6, 6.07) is 7.45. The molecular weight excluding hydrogens is 421 g/mol. The van der Waals surface area contributed by atoms with E-state index in [1.165, 1.54) is 34.9 Å². The van der Waals surface area contributed by atoms with Gasteiger partial charge < -0.3 is 10.3 Å². The molecular formula is C19H19F3N4O3S. The fraction of sp³-hybridized carbons (Fsp3) is 0.263. The Hall–Kier alpha value is -2.92. The number of aromatic nitrogens is 2. The molecule has 7 nitrogen and oxygen atoms in total. The number of nitrogens with one attached hydrogen (secondary N) is 1. The first-order chi connectivity index (χ1) is 13.9. The van der Waals surface area contributed by atoms with E-state index in [-0.39, 0.29) is 21.8 Å². The van der Waals surface area contributed by atoms with Gasteiger partial charge in [0, 0.05) is 12.1 Å². The Balaban J connectivity index is 1.96. The third-order valence-corrected chi connectivity index (χ3v) is 6.15. The summed E-state index contributed by atoms with van der Waals surface area (Å²) in [6.45, 7) is 3.58. The molecule has 3 rings (SSSR count). The molecule has 1 amide bonds. The van der Waals surface area contributed by atoms with Crippen molar-refractivity contribution in [1.29, 1.82) is 0 Å². The Labute approximate surface area is 170 Å². The zero-order chi connectivity index (χ0) is 22.3. The highest BCUT2D eigenvalue weighted by atomic mass is 32.2. The van der Waals surface area contributed by atoms with Crippen LogP contribution in [0.4, 0.5) is 13.2 Å². The molecule has 1 unspecified atom stereocenters. The molecule has 0 aliphatic rings. The molecule has 30 heavy (non-hydrogen) atoms. The standard InChI is InChI=1S/C19H19F3N4O3S/c1-3-26-16-10-13(19(20,21)22)6-9-15(16)24-18(26)11(2)25-30(28,29)14-7-4-12(5-8-14)17(23)27/h4-11,25H,3H2,1-2H3,(H2,23,27). The molecule has 0 bridgehead atoms. The summed E-state index contributed by atoms with van der Waals surface area (Å²) < 4.78 is 68.5. The van der Waals surface area contributed by atoms with Crippen LogP contribution >= 0.6 is 0 Å². The minimum atomic E-state index is -4.50. The van der Waals surface area contributed by atoms with Crippen molar-refractivity contribution in [2.45, 2.75) is 37.5 Å². The van der Waals surface area contributed by atoms with Crippen molar-refractivity contribution in [3.05, 3.63) is 59.4 Å². The number of nitrogens with two attached hydrogens (primary N) is 1. The van der Waals surface area contributed by atoms with Crippen molar-refractivity contribution < 1.29 is 26.4 Å². The average molecular weight is 440 g/mol. The number of aryl methyl sites for hydroxylation is 1. The summed E-state index contributed by atoms with van der Waals surface area (Å²) in [5.41, 5.74) is 5.10. The maximum absolute atomic E-state index is 13.1. The van der Waals surface area contributed by atoms with E-state index < -0.39 is 33.7 Å². The van der Waals surface area contributed by atoms with Gasteiger partial charge in [-0.2, -0.15) is 13.2 Å². The fourth-order valence-corrected chi connectivity index (χ4v) is 4.33. The lowest BCUT2D eigenvalue weighted by molar-refractivity contribution is -0.137. The molecule has 0 aliphatic carbocycles. The van der Waals surface area contributed by atoms with Crippen molar-refractivity contribution in [1.82, 2.24) is 14.3 Å². The second-order valence-electron chi connectivity index (χ2n) is 6.65. The Morgan fingerprint density at radius 2 is 1.83 bits per heavy atom. The van der Waals surface area contributed by atoms with Crippen molar-refractivity contribution in [2.24, 2.45) is 5.73 Å². The van der Waals surface area contributed by atoms with E-state index >= 15 is 0 Å². The molecule has 3 aromatic rings. The molecule has 0 fully saturated rings. The summed E-state index contributed by atoms with van der Waals surface area (Å²) in [5, 5.41) is 0. The Morgan fingerprint density at radius 3 is 2.37 bits per heavy atom. The first kappa shape index (κ1) is 21.8. The van der Waals surface area contributed by atoms with Crippen LogP contribution in [0.1, 0.15) is 41.6 Å². The number of amides is 1. The third-order valence-electron chi connectivity index (χ3n) is 4.59. The topological polar surface area (TPSA) is 107 Å². The summed E-state index contributed by atoms with van der Waals surface area (Å²) in [6.07, 6.45) is -4.50. The third kappa shape index (κ3) is 4.17. The number of fused-ring (bicyclic) bond motifs is 1. The van der Waals surface area contributed by atoms with Crippen LogP contribution < -0.4 is 10.5 Å². The van der Waals surface area contributed by atoms with Crippen LogP contribution in [0.15, 0.2) is 47.4 Å². The summed E-state index contributed by atoms with van der Waals surface area (Å²) in [4.78, 5) is 15.4. The lowest BCUT2D eigenvalue weighted by Gasteiger charge is -2.16. The molecule has 0 aliphatic heterocycles. The average Bonchev–Trinajstić information content (AvgIpc) is 3.05. The highest BCUT2D eigenvalue weighted by Crippen LogP contribution is 2.32. The van der Waals surface area contributed by atoms with Crippen LogP contribution in [0.2, 0.25) is 0 Å². The van der Waals surface area contributed by atoms with Crippen LogP contribution in [0.5, 0.6) is 0 Å². The van der Waals surface area contributed by atoms with E-state index in [0.717, 1.165) is 12.1 Å². The van der Waals surface area contributed by atoms with Crippen molar-refractivity contribution in [3.63, 3.8) is 0 Å². The van der Waals surface area contributed by atoms with Crippen LogP contribution in [0.3, 0.4) is 0 Å². The second kappa shape index (κ2) is 7.73. The van der Waals surface area contributed by atoms with E-state index in [1.54, 1.807) is 13.8 Å². The number of nitrogens with zero attached hydrogens (tertiary/aromatic N) is 2. The van der Waals surface area contributed by atoms with Gasteiger partial charge in [-0.3, -0.25) is 4.79 Å². The van der Waals surface area contributed by atoms with Gasteiger partial charge in [-0.05, 0) is 56.3 Å². The van der Waals surface area contributed by atoms with E-state index in [2.05, 4.69) is 9.71 Å². The highest BCUT2D eigenvalue weighted by Gasteiger charge is 2.31. The molecule has 160 valence electrons. The summed E-state index contributed by atoms with van der Waals surface area (Å²) in [7, 11) is -3.98.